The van der Waals surface area contributed by atoms with E-state index in [0.29, 0.717) is 18.4 Å². The van der Waals surface area contributed by atoms with Crippen molar-refractivity contribution in [3.05, 3.63) is 11.3 Å². The zero-order valence-corrected chi connectivity index (χ0v) is 10.4. The van der Waals surface area contributed by atoms with Gasteiger partial charge < -0.3 is 9.47 Å². The number of allylic oxidation sites excluding steroid dienone is 1. The van der Waals surface area contributed by atoms with Crippen LogP contribution in [-0.2, 0) is 14.3 Å². The van der Waals surface area contributed by atoms with Crippen molar-refractivity contribution in [3.8, 4) is 0 Å². The molecule has 0 aliphatic carbocycles. The average molecular weight is 224 g/mol. The fraction of sp³-hybridized carbons (Fsp3) is 0.769. The first-order chi connectivity index (χ1) is 7.56. The highest BCUT2D eigenvalue weighted by atomic mass is 16.6. The lowest BCUT2D eigenvalue weighted by atomic mass is 9.81. The van der Waals surface area contributed by atoms with Crippen LogP contribution in [0.3, 0.4) is 0 Å². The molecule has 0 aromatic carbocycles. The quantitative estimate of drug-likeness (QED) is 0.676. The number of rotatable bonds is 2. The van der Waals surface area contributed by atoms with Crippen LogP contribution in [0, 0.1) is 17.8 Å². The summed E-state index contributed by atoms with van der Waals surface area (Å²) in [7, 11) is 0. The van der Waals surface area contributed by atoms with Crippen molar-refractivity contribution in [1.82, 2.24) is 0 Å². The van der Waals surface area contributed by atoms with Crippen molar-refractivity contribution in [2.75, 3.05) is 6.61 Å². The SMILES string of the molecule is CCC(C)C1=C2C(=O)O[C@@H](C)[C@H](C)[C@@H]2CO1. The summed E-state index contributed by atoms with van der Waals surface area (Å²) >= 11 is 0. The van der Waals surface area contributed by atoms with Crippen LogP contribution >= 0.6 is 0 Å². The van der Waals surface area contributed by atoms with Crippen molar-refractivity contribution in [2.45, 2.75) is 40.2 Å². The largest absolute Gasteiger partial charge is 0.496 e. The highest BCUT2D eigenvalue weighted by Crippen LogP contribution is 2.41. The van der Waals surface area contributed by atoms with Gasteiger partial charge in [-0.25, -0.2) is 4.79 Å². The Hall–Kier alpha value is -0.990. The summed E-state index contributed by atoms with van der Waals surface area (Å²) in [6.45, 7) is 8.94. The smallest absolute Gasteiger partial charge is 0.338 e. The number of carbonyl (C=O) groups excluding carboxylic acids is 1. The number of esters is 1. The van der Waals surface area contributed by atoms with Crippen LogP contribution < -0.4 is 0 Å². The van der Waals surface area contributed by atoms with Gasteiger partial charge in [0.25, 0.3) is 0 Å². The Morgan fingerprint density at radius 2 is 2.12 bits per heavy atom. The highest BCUT2D eigenvalue weighted by molar-refractivity contribution is 5.91. The maximum Gasteiger partial charge on any atom is 0.338 e. The lowest BCUT2D eigenvalue weighted by molar-refractivity contribution is -0.152. The molecule has 2 aliphatic heterocycles. The van der Waals surface area contributed by atoms with E-state index in [1.54, 1.807) is 0 Å². The third kappa shape index (κ3) is 1.62. The molecule has 0 spiro atoms. The first kappa shape index (κ1) is 11.5. The van der Waals surface area contributed by atoms with E-state index in [9.17, 15) is 4.79 Å². The Kier molecular flexibility index (Phi) is 2.96. The minimum atomic E-state index is -0.164. The van der Waals surface area contributed by atoms with E-state index in [1.165, 1.54) is 0 Å². The molecule has 0 saturated carbocycles. The first-order valence-corrected chi connectivity index (χ1v) is 6.14. The van der Waals surface area contributed by atoms with E-state index in [0.717, 1.165) is 17.8 Å². The van der Waals surface area contributed by atoms with E-state index >= 15 is 0 Å². The summed E-state index contributed by atoms with van der Waals surface area (Å²) in [6.07, 6.45) is 0.990. The molecule has 2 aliphatic rings. The molecule has 1 fully saturated rings. The Bertz CT molecular complexity index is 332. The molecule has 1 unspecified atom stereocenters. The zero-order valence-electron chi connectivity index (χ0n) is 10.4. The average Bonchev–Trinajstić information content (AvgIpc) is 2.70. The van der Waals surface area contributed by atoms with Crippen molar-refractivity contribution in [1.29, 1.82) is 0 Å². The van der Waals surface area contributed by atoms with Crippen LogP contribution in [-0.4, -0.2) is 18.7 Å². The first-order valence-electron chi connectivity index (χ1n) is 6.14. The summed E-state index contributed by atoms with van der Waals surface area (Å²) in [6, 6.07) is 0. The summed E-state index contributed by atoms with van der Waals surface area (Å²) in [5, 5.41) is 0. The molecular formula is C13H20O3. The van der Waals surface area contributed by atoms with Crippen LogP contribution in [0.25, 0.3) is 0 Å². The predicted molar refractivity (Wildman–Crippen MR) is 60.6 cm³/mol. The number of ether oxygens (including phenoxy) is 2. The van der Waals surface area contributed by atoms with Gasteiger partial charge in [0.15, 0.2) is 0 Å². The standard InChI is InChI=1S/C13H20O3/c1-5-7(2)12-11-10(6-15-12)8(3)9(4)16-13(11)14/h7-10H,5-6H2,1-4H3/t7?,8-,9-,10-/m0/s1. The molecule has 90 valence electrons. The van der Waals surface area contributed by atoms with Crippen molar-refractivity contribution >= 4 is 5.97 Å². The van der Waals surface area contributed by atoms with E-state index in [2.05, 4.69) is 20.8 Å². The Labute approximate surface area is 96.8 Å². The molecule has 0 amide bonds. The van der Waals surface area contributed by atoms with Gasteiger partial charge in [-0.15, -0.1) is 0 Å². The monoisotopic (exact) mass is 224 g/mol. The minimum Gasteiger partial charge on any atom is -0.496 e. The second kappa shape index (κ2) is 4.11. The molecule has 2 rings (SSSR count). The van der Waals surface area contributed by atoms with Crippen molar-refractivity contribution in [3.63, 3.8) is 0 Å². The van der Waals surface area contributed by atoms with E-state index in [1.807, 2.05) is 6.92 Å². The Morgan fingerprint density at radius 3 is 2.75 bits per heavy atom. The molecule has 0 aromatic heterocycles. The highest BCUT2D eigenvalue weighted by Gasteiger charge is 2.44. The summed E-state index contributed by atoms with van der Waals surface area (Å²) in [5.41, 5.74) is 0.806. The fourth-order valence-corrected chi connectivity index (χ4v) is 2.45. The minimum absolute atomic E-state index is 0.00105. The predicted octanol–water partition coefficient (Wildman–Crippen LogP) is 2.51. The van der Waals surface area contributed by atoms with Gasteiger partial charge in [0.05, 0.1) is 12.2 Å². The second-order valence-corrected chi connectivity index (χ2v) is 4.97. The third-order valence-corrected chi connectivity index (χ3v) is 4.00. The van der Waals surface area contributed by atoms with Crippen LogP contribution in [0.5, 0.6) is 0 Å². The number of hydrogen-bond donors (Lipinski definition) is 0. The maximum atomic E-state index is 11.9. The molecule has 1 saturated heterocycles. The summed E-state index contributed by atoms with van der Waals surface area (Å²) in [5.74, 6) is 1.61. The van der Waals surface area contributed by atoms with Crippen molar-refractivity contribution < 1.29 is 14.3 Å². The van der Waals surface area contributed by atoms with Gasteiger partial charge in [0, 0.05) is 17.8 Å². The van der Waals surface area contributed by atoms with Gasteiger partial charge in [-0.1, -0.05) is 20.8 Å². The molecule has 3 nitrogen and oxygen atoms in total. The van der Waals surface area contributed by atoms with Gasteiger partial charge in [0.1, 0.15) is 11.9 Å². The molecular weight excluding hydrogens is 204 g/mol. The topological polar surface area (TPSA) is 35.5 Å². The van der Waals surface area contributed by atoms with Gasteiger partial charge in [-0.05, 0) is 13.3 Å². The van der Waals surface area contributed by atoms with Crippen LogP contribution in [0.15, 0.2) is 11.3 Å². The van der Waals surface area contributed by atoms with Gasteiger partial charge in [-0.3, -0.25) is 0 Å². The molecule has 3 heteroatoms. The summed E-state index contributed by atoms with van der Waals surface area (Å²) in [4.78, 5) is 11.9. The molecule has 0 bridgehead atoms. The molecule has 0 radical (unpaired) electrons. The van der Waals surface area contributed by atoms with Crippen LogP contribution in [0.1, 0.15) is 34.1 Å². The van der Waals surface area contributed by atoms with Crippen molar-refractivity contribution in [2.24, 2.45) is 17.8 Å². The fourth-order valence-electron chi connectivity index (χ4n) is 2.45. The molecule has 16 heavy (non-hydrogen) atoms. The zero-order chi connectivity index (χ0) is 11.9. The number of carbonyl (C=O) groups is 1. The third-order valence-electron chi connectivity index (χ3n) is 4.00. The lowest BCUT2D eigenvalue weighted by Gasteiger charge is -2.31. The molecule has 0 N–H and O–H groups in total. The normalized spacial score (nSPS) is 35.5. The number of fused-ring (bicyclic) bond motifs is 1. The number of hydrogen-bond acceptors (Lipinski definition) is 3. The van der Waals surface area contributed by atoms with E-state index in [-0.39, 0.29) is 18.0 Å². The molecule has 4 atom stereocenters. The van der Waals surface area contributed by atoms with Crippen LogP contribution in [0.2, 0.25) is 0 Å². The molecule has 2 heterocycles. The summed E-state index contributed by atoms with van der Waals surface area (Å²) < 4.78 is 11.1. The van der Waals surface area contributed by atoms with Gasteiger partial charge >= 0.3 is 5.97 Å². The number of cyclic esters (lactones) is 1. The van der Waals surface area contributed by atoms with E-state index in [4.69, 9.17) is 9.47 Å². The van der Waals surface area contributed by atoms with E-state index < -0.39 is 0 Å². The second-order valence-electron chi connectivity index (χ2n) is 4.97. The maximum absolute atomic E-state index is 11.9. The molecule has 0 aromatic rings. The van der Waals surface area contributed by atoms with Crippen LogP contribution in [0.4, 0.5) is 0 Å². The Morgan fingerprint density at radius 1 is 1.44 bits per heavy atom. The van der Waals surface area contributed by atoms with Gasteiger partial charge in [-0.2, -0.15) is 0 Å². The lowest BCUT2D eigenvalue weighted by Crippen LogP contribution is -2.37. The Balaban J connectivity index is 2.33. The van der Waals surface area contributed by atoms with Gasteiger partial charge in [0.2, 0.25) is 0 Å².